The van der Waals surface area contributed by atoms with Crippen molar-refractivity contribution in [2.24, 2.45) is 0 Å². The molecule has 0 aliphatic heterocycles. The van der Waals surface area contributed by atoms with Gasteiger partial charge in [0.05, 0.1) is 25.6 Å². The average Bonchev–Trinajstić information content (AvgIpc) is 3.58. The van der Waals surface area contributed by atoms with E-state index >= 15 is 0 Å². The average molecular weight is 499 g/mol. The number of ether oxygens (including phenoxy) is 2. The molecule has 3 aromatic rings. The summed E-state index contributed by atoms with van der Waals surface area (Å²) in [7, 11) is 3.16. The van der Waals surface area contributed by atoms with Gasteiger partial charge in [-0.1, -0.05) is 31.4 Å². The highest BCUT2D eigenvalue weighted by Crippen LogP contribution is 2.36. The molecular weight excluding hydrogens is 468 g/mol. The van der Waals surface area contributed by atoms with Crippen LogP contribution in [0, 0.1) is 0 Å². The number of benzene rings is 1. The van der Waals surface area contributed by atoms with Gasteiger partial charge in [0.1, 0.15) is 17.5 Å². The zero-order valence-corrected chi connectivity index (χ0v) is 21.1. The first-order valence-corrected chi connectivity index (χ1v) is 13.3. The lowest BCUT2D eigenvalue weighted by Gasteiger charge is -2.33. The van der Waals surface area contributed by atoms with Gasteiger partial charge in [0.2, 0.25) is 5.91 Å². The number of rotatable bonds is 9. The Morgan fingerprint density at radius 3 is 2.44 bits per heavy atom. The molecule has 0 saturated heterocycles. The monoisotopic (exact) mass is 498 g/mol. The summed E-state index contributed by atoms with van der Waals surface area (Å²) in [4.78, 5) is 30.9. The molecule has 1 N–H and O–H groups in total. The van der Waals surface area contributed by atoms with Crippen molar-refractivity contribution < 1.29 is 19.1 Å². The fourth-order valence-electron chi connectivity index (χ4n) is 4.41. The van der Waals surface area contributed by atoms with Gasteiger partial charge < -0.3 is 19.7 Å². The molecule has 2 amide bonds. The van der Waals surface area contributed by atoms with Crippen LogP contribution in [0.2, 0.25) is 0 Å². The summed E-state index contributed by atoms with van der Waals surface area (Å²) in [5.41, 5.74) is 0.637. The molecule has 1 aliphatic rings. The highest BCUT2D eigenvalue weighted by molar-refractivity contribution is 7.12. The predicted octanol–water partition coefficient (Wildman–Crippen LogP) is 5.66. The van der Waals surface area contributed by atoms with E-state index in [0.29, 0.717) is 28.5 Å². The van der Waals surface area contributed by atoms with Gasteiger partial charge in [-0.05, 0) is 47.9 Å². The Hall–Kier alpha value is -2.84. The van der Waals surface area contributed by atoms with Crippen molar-refractivity contribution in [2.75, 3.05) is 14.2 Å². The zero-order chi connectivity index (χ0) is 23.9. The zero-order valence-electron chi connectivity index (χ0n) is 19.5. The van der Waals surface area contributed by atoms with Crippen LogP contribution in [0.15, 0.2) is 53.2 Å². The van der Waals surface area contributed by atoms with Crippen LogP contribution in [-0.2, 0) is 11.3 Å². The normalized spacial score (nSPS) is 14.9. The highest BCUT2D eigenvalue weighted by atomic mass is 32.1. The van der Waals surface area contributed by atoms with Crippen molar-refractivity contribution in [1.82, 2.24) is 10.2 Å². The molecule has 1 unspecified atom stereocenters. The molecule has 180 valence electrons. The molecule has 8 heteroatoms. The molecule has 1 aliphatic carbocycles. The topological polar surface area (TPSA) is 67.9 Å². The van der Waals surface area contributed by atoms with Crippen LogP contribution in [0.5, 0.6) is 11.5 Å². The van der Waals surface area contributed by atoms with Gasteiger partial charge in [-0.15, -0.1) is 22.7 Å². The van der Waals surface area contributed by atoms with E-state index in [1.54, 1.807) is 48.7 Å². The number of hydrogen-bond acceptors (Lipinski definition) is 6. The Balaban J connectivity index is 1.77. The fraction of sp³-hybridized carbons (Fsp3) is 0.385. The molecule has 6 nitrogen and oxygen atoms in total. The van der Waals surface area contributed by atoms with Crippen LogP contribution in [0.3, 0.4) is 0 Å². The van der Waals surface area contributed by atoms with Crippen LogP contribution in [0.1, 0.15) is 58.3 Å². The van der Waals surface area contributed by atoms with Crippen LogP contribution in [-0.4, -0.2) is 37.0 Å². The van der Waals surface area contributed by atoms with Crippen molar-refractivity contribution >= 4 is 34.5 Å². The van der Waals surface area contributed by atoms with Crippen molar-refractivity contribution in [1.29, 1.82) is 0 Å². The van der Waals surface area contributed by atoms with Crippen LogP contribution < -0.4 is 14.8 Å². The third-order valence-corrected chi connectivity index (χ3v) is 7.86. The number of amides is 2. The smallest absolute Gasteiger partial charge is 0.265 e. The summed E-state index contributed by atoms with van der Waals surface area (Å²) in [6, 6.07) is 12.3. The maximum atomic E-state index is 13.9. The number of thiophene rings is 2. The lowest BCUT2D eigenvalue weighted by Crippen LogP contribution is -2.46. The molecule has 2 heterocycles. The second-order valence-corrected chi connectivity index (χ2v) is 10.3. The molecule has 1 aromatic carbocycles. The van der Waals surface area contributed by atoms with E-state index in [0.717, 1.165) is 30.6 Å². The van der Waals surface area contributed by atoms with E-state index in [-0.39, 0.29) is 17.9 Å². The number of hydrogen-bond donors (Lipinski definition) is 1. The first kappa shape index (κ1) is 24.3. The van der Waals surface area contributed by atoms with Crippen molar-refractivity contribution in [3.63, 3.8) is 0 Å². The van der Waals surface area contributed by atoms with Crippen molar-refractivity contribution in [3.8, 4) is 11.5 Å². The van der Waals surface area contributed by atoms with Crippen LogP contribution in [0.25, 0.3) is 0 Å². The minimum atomic E-state index is -0.848. The maximum absolute atomic E-state index is 13.9. The highest BCUT2D eigenvalue weighted by Gasteiger charge is 2.36. The Morgan fingerprint density at radius 1 is 1.03 bits per heavy atom. The summed E-state index contributed by atoms with van der Waals surface area (Å²) in [6.45, 7) is 0.326. The fourth-order valence-corrected chi connectivity index (χ4v) is 5.80. The molecule has 4 rings (SSSR count). The molecule has 0 radical (unpaired) electrons. The summed E-state index contributed by atoms with van der Waals surface area (Å²) in [6.07, 6.45) is 5.33. The SMILES string of the molecule is COc1ccc(C(C(=O)NC2CCCCC2)N(Cc2cccs2)C(=O)c2cccs2)c(OC)c1. The summed E-state index contributed by atoms with van der Waals surface area (Å²) in [5.74, 6) is 0.779. The Kier molecular flexibility index (Phi) is 8.24. The van der Waals surface area contributed by atoms with E-state index in [4.69, 9.17) is 9.47 Å². The second-order valence-electron chi connectivity index (χ2n) is 8.34. The van der Waals surface area contributed by atoms with E-state index < -0.39 is 6.04 Å². The molecule has 34 heavy (non-hydrogen) atoms. The van der Waals surface area contributed by atoms with Gasteiger partial charge in [-0.3, -0.25) is 9.59 Å². The minimum Gasteiger partial charge on any atom is -0.497 e. The quantitative estimate of drug-likeness (QED) is 0.413. The van der Waals surface area contributed by atoms with E-state index in [1.165, 1.54) is 17.8 Å². The molecule has 1 fully saturated rings. The molecular formula is C26H30N2O4S2. The van der Waals surface area contributed by atoms with Gasteiger partial charge in [0.25, 0.3) is 5.91 Å². The van der Waals surface area contributed by atoms with Crippen molar-refractivity contribution in [2.45, 2.75) is 50.7 Å². The van der Waals surface area contributed by atoms with Gasteiger partial charge >= 0.3 is 0 Å². The first-order valence-electron chi connectivity index (χ1n) is 11.5. The Bertz CT molecular complexity index is 1080. The van der Waals surface area contributed by atoms with Crippen LogP contribution in [0.4, 0.5) is 0 Å². The number of methoxy groups -OCH3 is 2. The third-order valence-electron chi connectivity index (χ3n) is 6.15. The van der Waals surface area contributed by atoms with Gasteiger partial charge in [-0.2, -0.15) is 0 Å². The molecule has 1 atom stereocenters. The Morgan fingerprint density at radius 2 is 1.79 bits per heavy atom. The van der Waals surface area contributed by atoms with E-state index in [1.807, 2.05) is 35.0 Å². The maximum Gasteiger partial charge on any atom is 0.265 e. The number of carbonyl (C=O) groups is 2. The summed E-state index contributed by atoms with van der Waals surface area (Å²) < 4.78 is 11.0. The third kappa shape index (κ3) is 5.62. The number of carbonyl (C=O) groups excluding carboxylic acids is 2. The second kappa shape index (κ2) is 11.5. The van der Waals surface area contributed by atoms with Crippen molar-refractivity contribution in [3.05, 3.63) is 68.5 Å². The largest absolute Gasteiger partial charge is 0.497 e. The van der Waals surface area contributed by atoms with Gasteiger partial charge in [0, 0.05) is 22.5 Å². The molecule has 0 spiro atoms. The Labute approximate surface area is 208 Å². The number of nitrogens with zero attached hydrogens (tertiary/aromatic N) is 1. The summed E-state index contributed by atoms with van der Waals surface area (Å²) in [5, 5.41) is 7.10. The van der Waals surface area contributed by atoms with E-state index in [9.17, 15) is 9.59 Å². The van der Waals surface area contributed by atoms with Gasteiger partial charge in [0.15, 0.2) is 0 Å². The lowest BCUT2D eigenvalue weighted by atomic mass is 9.94. The summed E-state index contributed by atoms with van der Waals surface area (Å²) >= 11 is 2.95. The first-order chi connectivity index (χ1) is 16.6. The standard InChI is InChI=1S/C26H30N2O4S2/c1-31-19-12-13-21(22(16-19)32-2)24(25(29)27-18-8-4-3-5-9-18)28(17-20-10-6-14-33-20)26(30)23-11-7-15-34-23/h6-7,10-16,18,24H,3-5,8-9,17H2,1-2H3,(H,27,29). The lowest BCUT2D eigenvalue weighted by molar-refractivity contribution is -0.127. The molecule has 2 aromatic heterocycles. The molecule has 1 saturated carbocycles. The number of nitrogens with one attached hydrogen (secondary N) is 1. The molecule has 0 bridgehead atoms. The van der Waals surface area contributed by atoms with Gasteiger partial charge in [-0.25, -0.2) is 0 Å². The van der Waals surface area contributed by atoms with E-state index in [2.05, 4.69) is 5.32 Å². The predicted molar refractivity (Wildman–Crippen MR) is 136 cm³/mol. The minimum absolute atomic E-state index is 0.119. The van der Waals surface area contributed by atoms with Crippen LogP contribution >= 0.6 is 22.7 Å².